The minimum Gasteiger partial charge on any atom is -0.229 e. The molecule has 1 aliphatic carbocycles. The van der Waals surface area contributed by atoms with Crippen molar-refractivity contribution in [3.63, 3.8) is 0 Å². The molecule has 4 nitrogen and oxygen atoms in total. The summed E-state index contributed by atoms with van der Waals surface area (Å²) >= 11 is 3.43. The van der Waals surface area contributed by atoms with Crippen LogP contribution in [0, 0.1) is 28.6 Å². The molecule has 0 N–H and O–H groups in total. The topological polar surface area (TPSA) is 73.4 Å². The Balaban J connectivity index is 1.83. The molecule has 22 heavy (non-hydrogen) atoms. The van der Waals surface area contributed by atoms with E-state index in [2.05, 4.69) is 22.1 Å². The van der Waals surface area contributed by atoms with Gasteiger partial charge in [-0.25, -0.2) is 9.97 Å². The van der Waals surface area contributed by atoms with Gasteiger partial charge in [0.25, 0.3) is 0 Å². The van der Waals surface area contributed by atoms with E-state index in [1.807, 2.05) is 0 Å². The molecule has 3 rings (SSSR count). The number of nitrogens with zero attached hydrogens (tertiary/aromatic N) is 4. The molecule has 0 saturated carbocycles. The molecule has 0 unspecified atom stereocenters. The van der Waals surface area contributed by atoms with E-state index < -0.39 is 0 Å². The summed E-state index contributed by atoms with van der Waals surface area (Å²) in [4.78, 5) is 11.4. The predicted octanol–water partition coefficient (Wildman–Crippen LogP) is 4.11. The van der Waals surface area contributed by atoms with Crippen molar-refractivity contribution in [1.82, 2.24) is 9.97 Å². The molecule has 112 valence electrons. The lowest BCUT2D eigenvalue weighted by Crippen LogP contribution is -2.02. The Morgan fingerprint density at radius 2 is 2.14 bits per heavy atom. The molecule has 0 saturated heterocycles. The minimum absolute atomic E-state index is 0.0934. The van der Waals surface area contributed by atoms with Gasteiger partial charge in [-0.2, -0.15) is 10.5 Å². The maximum atomic E-state index is 9.19. The lowest BCUT2D eigenvalue weighted by atomic mass is 9.97. The summed E-state index contributed by atoms with van der Waals surface area (Å²) in [6, 6.07) is 4.41. The van der Waals surface area contributed by atoms with Gasteiger partial charge in [0.2, 0.25) is 0 Å². The first-order chi connectivity index (χ1) is 10.8. The van der Waals surface area contributed by atoms with Crippen LogP contribution in [0.2, 0.25) is 0 Å². The largest absolute Gasteiger partial charge is 0.229 e. The van der Waals surface area contributed by atoms with Crippen molar-refractivity contribution >= 4 is 33.3 Å². The first-order valence-corrected chi connectivity index (χ1v) is 9.28. The number of fused-ring (bicyclic) bond motifs is 3. The average molecular weight is 328 g/mol. The van der Waals surface area contributed by atoms with Crippen LogP contribution < -0.4 is 0 Å². The quantitative estimate of drug-likeness (QED) is 0.610. The van der Waals surface area contributed by atoms with Gasteiger partial charge >= 0.3 is 0 Å². The third kappa shape index (κ3) is 3.09. The van der Waals surface area contributed by atoms with Crippen LogP contribution in [0.3, 0.4) is 0 Å². The molecule has 1 atom stereocenters. The summed E-state index contributed by atoms with van der Waals surface area (Å²) in [6.07, 6.45) is 7.47. The molecule has 2 heterocycles. The van der Waals surface area contributed by atoms with E-state index in [9.17, 15) is 5.26 Å². The van der Waals surface area contributed by atoms with E-state index in [0.29, 0.717) is 18.6 Å². The van der Waals surface area contributed by atoms with Crippen molar-refractivity contribution in [3.8, 4) is 12.1 Å². The zero-order valence-corrected chi connectivity index (χ0v) is 13.8. The third-order valence-corrected chi connectivity index (χ3v) is 6.28. The number of rotatable bonds is 5. The zero-order valence-electron chi connectivity index (χ0n) is 12.2. The van der Waals surface area contributed by atoms with Gasteiger partial charge in [0.15, 0.2) is 0 Å². The number of hydrogen-bond acceptors (Lipinski definition) is 6. The molecule has 0 radical (unpaired) electrons. The number of nitriles is 2. The van der Waals surface area contributed by atoms with Crippen LogP contribution in [-0.2, 0) is 12.8 Å². The second-order valence-electron chi connectivity index (χ2n) is 5.40. The van der Waals surface area contributed by atoms with E-state index in [4.69, 9.17) is 5.26 Å². The third-order valence-electron chi connectivity index (χ3n) is 3.92. The molecule has 0 amide bonds. The molecule has 2 aromatic heterocycles. The normalized spacial score (nSPS) is 15.0. The van der Waals surface area contributed by atoms with Gasteiger partial charge in [-0.3, -0.25) is 0 Å². The highest BCUT2D eigenvalue weighted by molar-refractivity contribution is 7.99. The lowest BCUT2D eigenvalue weighted by Gasteiger charge is -2.12. The first-order valence-electron chi connectivity index (χ1n) is 7.48. The van der Waals surface area contributed by atoms with E-state index in [1.165, 1.54) is 28.7 Å². The predicted molar refractivity (Wildman–Crippen MR) is 88.7 cm³/mol. The fraction of sp³-hybridized carbons (Fsp3) is 0.500. The Bertz CT molecular complexity index is 754. The number of thioether (sulfide) groups is 1. The van der Waals surface area contributed by atoms with Crippen molar-refractivity contribution in [2.75, 3.05) is 5.75 Å². The van der Waals surface area contributed by atoms with Crippen LogP contribution in [0.4, 0.5) is 0 Å². The zero-order chi connectivity index (χ0) is 15.4. The monoisotopic (exact) mass is 328 g/mol. The number of aryl methyl sites for hydroxylation is 2. The van der Waals surface area contributed by atoms with Crippen LogP contribution in [-0.4, -0.2) is 15.7 Å². The highest BCUT2D eigenvalue weighted by Crippen LogP contribution is 2.39. The summed E-state index contributed by atoms with van der Waals surface area (Å²) in [7, 11) is 0. The molecular weight excluding hydrogens is 312 g/mol. The standard InChI is InChI=1S/C16H16N4S2/c17-7-3-4-11(8-18)9-21-15-14-12-5-1-2-6-13(12)22-16(14)20-10-19-15/h10-11H,1-6,9H2/t11-/m1/s1. The van der Waals surface area contributed by atoms with Crippen LogP contribution in [0.25, 0.3) is 10.2 Å². The Kier molecular flexibility index (Phi) is 4.92. The second kappa shape index (κ2) is 7.09. The highest BCUT2D eigenvalue weighted by Gasteiger charge is 2.20. The molecule has 0 fully saturated rings. The molecule has 6 heteroatoms. The van der Waals surface area contributed by atoms with E-state index in [0.717, 1.165) is 22.7 Å². The molecule has 0 bridgehead atoms. The van der Waals surface area contributed by atoms with E-state index in [1.54, 1.807) is 29.4 Å². The van der Waals surface area contributed by atoms with Gasteiger partial charge in [-0.15, -0.1) is 23.1 Å². The fourth-order valence-corrected chi connectivity index (χ4v) is 5.15. The maximum Gasteiger partial charge on any atom is 0.128 e. The fourth-order valence-electron chi connectivity index (χ4n) is 2.77. The highest BCUT2D eigenvalue weighted by atomic mass is 32.2. The molecule has 0 aliphatic heterocycles. The van der Waals surface area contributed by atoms with Gasteiger partial charge in [0.1, 0.15) is 16.2 Å². The molecule has 0 aromatic carbocycles. The van der Waals surface area contributed by atoms with Crippen LogP contribution in [0.5, 0.6) is 0 Å². The van der Waals surface area contributed by atoms with E-state index in [-0.39, 0.29) is 5.92 Å². The van der Waals surface area contributed by atoms with Crippen molar-refractivity contribution in [1.29, 1.82) is 10.5 Å². The first kappa shape index (κ1) is 15.3. The van der Waals surface area contributed by atoms with Gasteiger partial charge in [0, 0.05) is 22.4 Å². The number of hydrogen-bond donors (Lipinski definition) is 0. The molecule has 2 aromatic rings. The van der Waals surface area contributed by atoms with Crippen LogP contribution in [0.1, 0.15) is 36.1 Å². The van der Waals surface area contributed by atoms with Gasteiger partial charge < -0.3 is 0 Å². The van der Waals surface area contributed by atoms with Crippen molar-refractivity contribution in [2.24, 2.45) is 5.92 Å². The van der Waals surface area contributed by atoms with Gasteiger partial charge in [-0.05, 0) is 37.7 Å². The summed E-state index contributed by atoms with van der Waals surface area (Å²) in [5.74, 6) is 0.596. The maximum absolute atomic E-state index is 9.19. The summed E-state index contributed by atoms with van der Waals surface area (Å²) in [5.41, 5.74) is 1.43. The average Bonchev–Trinajstić information content (AvgIpc) is 2.94. The number of thiophene rings is 1. The van der Waals surface area contributed by atoms with E-state index >= 15 is 0 Å². The number of aromatic nitrogens is 2. The van der Waals surface area contributed by atoms with Crippen molar-refractivity contribution in [3.05, 3.63) is 16.8 Å². The SMILES string of the molecule is N#CCC[C@H](C#N)CSc1ncnc2sc3c(c12)CCCC3. The Morgan fingerprint density at radius 3 is 2.95 bits per heavy atom. The summed E-state index contributed by atoms with van der Waals surface area (Å²) in [5, 5.41) is 20.1. The minimum atomic E-state index is -0.0934. The summed E-state index contributed by atoms with van der Waals surface area (Å²) < 4.78 is 0. The molecule has 0 spiro atoms. The Labute approximate surface area is 138 Å². The van der Waals surface area contributed by atoms with Gasteiger partial charge in [0.05, 0.1) is 18.1 Å². The van der Waals surface area contributed by atoms with Crippen molar-refractivity contribution < 1.29 is 0 Å². The Morgan fingerprint density at radius 1 is 1.27 bits per heavy atom. The molecule has 1 aliphatic rings. The Hall–Kier alpha value is -1.63. The van der Waals surface area contributed by atoms with Gasteiger partial charge in [-0.1, -0.05) is 0 Å². The summed E-state index contributed by atoms with van der Waals surface area (Å²) in [6.45, 7) is 0. The van der Waals surface area contributed by atoms with Crippen LogP contribution in [0.15, 0.2) is 11.4 Å². The molecular formula is C16H16N4S2. The van der Waals surface area contributed by atoms with Crippen molar-refractivity contribution in [2.45, 2.75) is 43.6 Å². The lowest BCUT2D eigenvalue weighted by molar-refractivity contribution is 0.685. The second-order valence-corrected chi connectivity index (χ2v) is 7.50. The smallest absolute Gasteiger partial charge is 0.128 e. The van der Waals surface area contributed by atoms with Crippen LogP contribution >= 0.6 is 23.1 Å².